The number of nitrogens with zero attached hydrogens (tertiary/aromatic N) is 3. The molecule has 7 nitrogen and oxygen atoms in total. The summed E-state index contributed by atoms with van der Waals surface area (Å²) in [7, 11) is 0. The molecule has 0 saturated carbocycles. The number of hydrogen-bond acceptors (Lipinski definition) is 5. The lowest BCUT2D eigenvalue weighted by molar-refractivity contribution is 0.277. The van der Waals surface area contributed by atoms with Crippen molar-refractivity contribution >= 4 is 22.8 Å². The van der Waals surface area contributed by atoms with Gasteiger partial charge in [-0.25, -0.2) is 4.98 Å². The molecule has 7 heteroatoms. The van der Waals surface area contributed by atoms with E-state index in [1.807, 2.05) is 6.07 Å². The molecule has 0 spiro atoms. The molecule has 1 aromatic carbocycles. The van der Waals surface area contributed by atoms with Crippen LogP contribution in [-0.2, 0) is 19.4 Å². The highest BCUT2D eigenvalue weighted by Crippen LogP contribution is 2.26. The first-order valence-electron chi connectivity index (χ1n) is 7.69. The molecule has 3 N–H and O–H groups in total. The van der Waals surface area contributed by atoms with E-state index in [0.717, 1.165) is 18.5 Å². The van der Waals surface area contributed by atoms with Crippen LogP contribution < -0.4 is 10.9 Å². The van der Waals surface area contributed by atoms with Crippen LogP contribution in [0.5, 0.6) is 0 Å². The number of anilines is 2. The third-order valence-electron chi connectivity index (χ3n) is 4.18. The summed E-state index contributed by atoms with van der Waals surface area (Å²) in [4.78, 5) is 23.3. The van der Waals surface area contributed by atoms with E-state index in [-0.39, 0.29) is 17.7 Å². The molecule has 0 amide bonds. The van der Waals surface area contributed by atoms with Crippen LogP contribution in [0.4, 0.5) is 11.6 Å². The largest absolute Gasteiger partial charge is 0.395 e. The minimum Gasteiger partial charge on any atom is -0.395 e. The Morgan fingerprint density at radius 3 is 3.04 bits per heavy atom. The SMILES string of the molecule is O=c1[nH]c(Nc2ccc3c(c2)CCC3)nc2c1ncn2CCO. The van der Waals surface area contributed by atoms with Crippen molar-refractivity contribution in [1.82, 2.24) is 19.5 Å². The number of H-pyrrole nitrogens is 1. The number of nitrogens with one attached hydrogen (secondary N) is 2. The number of aryl methyl sites for hydroxylation is 2. The van der Waals surface area contributed by atoms with Crippen LogP contribution in [-0.4, -0.2) is 31.2 Å². The molecule has 4 rings (SSSR count). The van der Waals surface area contributed by atoms with Crippen LogP contribution in [0.3, 0.4) is 0 Å². The molecule has 0 radical (unpaired) electrons. The van der Waals surface area contributed by atoms with Gasteiger partial charge in [-0.05, 0) is 42.5 Å². The van der Waals surface area contributed by atoms with E-state index in [9.17, 15) is 4.79 Å². The zero-order chi connectivity index (χ0) is 15.8. The van der Waals surface area contributed by atoms with Gasteiger partial charge in [0.15, 0.2) is 11.2 Å². The molecule has 3 aromatic rings. The maximum atomic E-state index is 12.1. The smallest absolute Gasteiger partial charge is 0.280 e. The summed E-state index contributed by atoms with van der Waals surface area (Å²) in [5.74, 6) is 0.375. The van der Waals surface area contributed by atoms with Crippen molar-refractivity contribution in [1.29, 1.82) is 0 Å². The van der Waals surface area contributed by atoms with E-state index in [1.165, 1.54) is 23.9 Å². The van der Waals surface area contributed by atoms with E-state index >= 15 is 0 Å². The molecule has 0 atom stereocenters. The third-order valence-corrected chi connectivity index (χ3v) is 4.18. The van der Waals surface area contributed by atoms with E-state index < -0.39 is 0 Å². The lowest BCUT2D eigenvalue weighted by Crippen LogP contribution is -2.13. The summed E-state index contributed by atoms with van der Waals surface area (Å²) in [6.07, 6.45) is 4.94. The topological polar surface area (TPSA) is 95.8 Å². The minimum absolute atomic E-state index is 0.0342. The Labute approximate surface area is 132 Å². The molecule has 2 heterocycles. The van der Waals surface area contributed by atoms with Crippen molar-refractivity contribution in [2.24, 2.45) is 0 Å². The fourth-order valence-corrected chi connectivity index (χ4v) is 3.07. The van der Waals surface area contributed by atoms with Crippen molar-refractivity contribution in [2.45, 2.75) is 25.8 Å². The second-order valence-corrected chi connectivity index (χ2v) is 5.71. The van der Waals surface area contributed by atoms with E-state index in [1.54, 1.807) is 4.57 Å². The van der Waals surface area contributed by atoms with Crippen molar-refractivity contribution in [3.05, 3.63) is 46.0 Å². The predicted molar refractivity (Wildman–Crippen MR) is 87.0 cm³/mol. The van der Waals surface area contributed by atoms with E-state index in [4.69, 9.17) is 5.11 Å². The van der Waals surface area contributed by atoms with Crippen LogP contribution in [0, 0.1) is 0 Å². The number of aliphatic hydroxyl groups is 1. The average Bonchev–Trinajstić information content (AvgIpc) is 3.15. The molecule has 0 unspecified atom stereocenters. The van der Waals surface area contributed by atoms with Crippen molar-refractivity contribution < 1.29 is 5.11 Å². The highest BCUT2D eigenvalue weighted by atomic mass is 16.3. The first-order valence-corrected chi connectivity index (χ1v) is 7.69. The molecule has 2 aromatic heterocycles. The standard InChI is InChI=1S/C16H17N5O2/c22-7-6-21-9-17-13-14(21)19-16(20-15(13)23)18-12-5-4-10-2-1-3-11(10)8-12/h4-5,8-9,22H,1-3,6-7H2,(H2,18,19,20,23). The molecule has 118 valence electrons. The zero-order valence-electron chi connectivity index (χ0n) is 12.5. The van der Waals surface area contributed by atoms with E-state index in [0.29, 0.717) is 18.1 Å². The molecule has 1 aliphatic rings. The Hall–Kier alpha value is -2.67. The molecule has 1 aliphatic carbocycles. The quantitative estimate of drug-likeness (QED) is 0.676. The molecular weight excluding hydrogens is 294 g/mol. The second-order valence-electron chi connectivity index (χ2n) is 5.71. The Morgan fingerprint density at radius 2 is 2.17 bits per heavy atom. The van der Waals surface area contributed by atoms with Gasteiger partial charge in [-0.15, -0.1) is 0 Å². The van der Waals surface area contributed by atoms with Crippen LogP contribution in [0.1, 0.15) is 17.5 Å². The van der Waals surface area contributed by atoms with Gasteiger partial charge >= 0.3 is 0 Å². The number of benzene rings is 1. The Kier molecular flexibility index (Phi) is 3.34. The molecular formula is C16H17N5O2. The van der Waals surface area contributed by atoms with Crippen molar-refractivity contribution in [2.75, 3.05) is 11.9 Å². The first kappa shape index (κ1) is 14.0. The van der Waals surface area contributed by atoms with Crippen LogP contribution >= 0.6 is 0 Å². The van der Waals surface area contributed by atoms with E-state index in [2.05, 4.69) is 32.4 Å². The third kappa shape index (κ3) is 2.49. The van der Waals surface area contributed by atoms with Crippen molar-refractivity contribution in [3.63, 3.8) is 0 Å². The summed E-state index contributed by atoms with van der Waals surface area (Å²) in [6, 6.07) is 6.23. The lowest BCUT2D eigenvalue weighted by Gasteiger charge is -2.08. The fourth-order valence-electron chi connectivity index (χ4n) is 3.07. The lowest BCUT2D eigenvalue weighted by atomic mass is 10.1. The number of aliphatic hydroxyl groups excluding tert-OH is 1. The Bertz CT molecular complexity index is 928. The maximum Gasteiger partial charge on any atom is 0.280 e. The normalized spacial score (nSPS) is 13.4. The van der Waals surface area contributed by atoms with Crippen molar-refractivity contribution in [3.8, 4) is 0 Å². The molecule has 23 heavy (non-hydrogen) atoms. The summed E-state index contributed by atoms with van der Waals surface area (Å²) < 4.78 is 1.67. The maximum absolute atomic E-state index is 12.1. The average molecular weight is 311 g/mol. The Balaban J connectivity index is 1.71. The minimum atomic E-state index is -0.296. The number of rotatable bonds is 4. The van der Waals surface area contributed by atoms with Gasteiger partial charge in [-0.2, -0.15) is 4.98 Å². The molecule has 0 saturated heterocycles. The molecule has 0 aliphatic heterocycles. The first-order chi connectivity index (χ1) is 11.2. The number of fused-ring (bicyclic) bond motifs is 2. The van der Waals surface area contributed by atoms with Gasteiger partial charge < -0.3 is 15.0 Å². The summed E-state index contributed by atoms with van der Waals surface area (Å²) >= 11 is 0. The van der Waals surface area contributed by atoms with Crippen LogP contribution in [0.15, 0.2) is 29.3 Å². The zero-order valence-corrected chi connectivity index (χ0v) is 12.5. The van der Waals surface area contributed by atoms with Crippen LogP contribution in [0.25, 0.3) is 11.2 Å². The number of aromatic nitrogens is 4. The number of aromatic amines is 1. The fraction of sp³-hybridized carbons (Fsp3) is 0.312. The van der Waals surface area contributed by atoms with Gasteiger partial charge in [0.1, 0.15) is 0 Å². The van der Waals surface area contributed by atoms with Gasteiger partial charge in [0, 0.05) is 12.2 Å². The second kappa shape index (κ2) is 5.51. The highest BCUT2D eigenvalue weighted by molar-refractivity contribution is 5.71. The van der Waals surface area contributed by atoms with Gasteiger partial charge in [0.2, 0.25) is 5.95 Å². The summed E-state index contributed by atoms with van der Waals surface area (Å²) in [6.45, 7) is 0.318. The van der Waals surface area contributed by atoms with Gasteiger partial charge in [0.05, 0.1) is 12.9 Å². The van der Waals surface area contributed by atoms with Gasteiger partial charge in [-0.3, -0.25) is 9.78 Å². The van der Waals surface area contributed by atoms with Gasteiger partial charge in [0.25, 0.3) is 5.56 Å². The molecule has 0 fully saturated rings. The number of hydrogen-bond donors (Lipinski definition) is 3. The number of imidazole rings is 1. The van der Waals surface area contributed by atoms with Crippen LogP contribution in [0.2, 0.25) is 0 Å². The summed E-state index contributed by atoms with van der Waals surface area (Å²) in [5.41, 5.74) is 4.10. The summed E-state index contributed by atoms with van der Waals surface area (Å²) in [5, 5.41) is 12.2. The molecule has 0 bridgehead atoms. The predicted octanol–water partition coefficient (Wildman–Crippen LogP) is 1.34. The monoisotopic (exact) mass is 311 g/mol. The van der Waals surface area contributed by atoms with Gasteiger partial charge in [-0.1, -0.05) is 6.07 Å². The highest BCUT2D eigenvalue weighted by Gasteiger charge is 2.13. The Morgan fingerprint density at radius 1 is 1.30 bits per heavy atom.